The van der Waals surface area contributed by atoms with Gasteiger partial charge in [-0.1, -0.05) is 6.07 Å². The molecule has 2 amide bonds. The first-order chi connectivity index (χ1) is 12.4. The smallest absolute Gasteiger partial charge is 0.251 e. The Morgan fingerprint density at radius 2 is 1.69 bits per heavy atom. The molecule has 0 aliphatic rings. The Balaban J connectivity index is 1.91. The Labute approximate surface area is 151 Å². The molecule has 2 rings (SSSR count). The maximum Gasteiger partial charge on any atom is 0.251 e. The van der Waals surface area contributed by atoms with E-state index in [-0.39, 0.29) is 12.5 Å². The molecule has 0 bridgehead atoms. The van der Waals surface area contributed by atoms with Crippen LogP contribution in [0.3, 0.4) is 0 Å². The van der Waals surface area contributed by atoms with E-state index in [1.807, 2.05) is 6.07 Å². The van der Waals surface area contributed by atoms with E-state index < -0.39 is 11.7 Å². The van der Waals surface area contributed by atoms with Gasteiger partial charge in [-0.15, -0.1) is 0 Å². The molecule has 0 aromatic heterocycles. The van der Waals surface area contributed by atoms with Crippen LogP contribution in [0.15, 0.2) is 42.5 Å². The van der Waals surface area contributed by atoms with E-state index in [0.29, 0.717) is 23.6 Å². The van der Waals surface area contributed by atoms with Crippen molar-refractivity contribution in [2.75, 3.05) is 27.8 Å². The molecule has 0 saturated heterocycles. The Kier molecular flexibility index (Phi) is 6.54. The summed E-state index contributed by atoms with van der Waals surface area (Å²) in [4.78, 5) is 25.7. The third kappa shape index (κ3) is 4.95. The van der Waals surface area contributed by atoms with Crippen LogP contribution >= 0.6 is 0 Å². The van der Waals surface area contributed by atoms with E-state index in [2.05, 4.69) is 5.32 Å². The van der Waals surface area contributed by atoms with E-state index >= 15 is 0 Å². The molecule has 2 aromatic rings. The molecule has 26 heavy (non-hydrogen) atoms. The molecule has 0 unspecified atom stereocenters. The lowest BCUT2D eigenvalue weighted by Gasteiger charge is -2.18. The quantitative estimate of drug-likeness (QED) is 0.822. The zero-order chi connectivity index (χ0) is 19.1. The molecule has 2 aromatic carbocycles. The highest BCUT2D eigenvalue weighted by Crippen LogP contribution is 2.27. The Hall–Kier alpha value is -3.09. The average Bonchev–Trinajstić information content (AvgIpc) is 2.66. The standard InChI is InChI=1S/C19H21FN2O4/c1-22(12-13-4-9-16(25-2)17(10-13)26-3)18(23)11-21-19(24)14-5-7-15(20)8-6-14/h4-10H,11-12H2,1-3H3,(H,21,24). The summed E-state index contributed by atoms with van der Waals surface area (Å²) in [5.74, 6) is 0.0765. The zero-order valence-corrected chi connectivity index (χ0v) is 14.9. The van der Waals surface area contributed by atoms with Gasteiger partial charge in [0.25, 0.3) is 5.91 Å². The number of rotatable bonds is 7. The topological polar surface area (TPSA) is 67.9 Å². The second kappa shape index (κ2) is 8.84. The summed E-state index contributed by atoms with van der Waals surface area (Å²) in [5.41, 5.74) is 1.16. The van der Waals surface area contributed by atoms with Gasteiger partial charge in [-0.2, -0.15) is 0 Å². The lowest BCUT2D eigenvalue weighted by atomic mass is 10.2. The van der Waals surface area contributed by atoms with Crippen LogP contribution < -0.4 is 14.8 Å². The molecule has 0 aliphatic carbocycles. The summed E-state index contributed by atoms with van der Waals surface area (Å²) < 4.78 is 23.3. The molecule has 1 N–H and O–H groups in total. The number of carbonyl (C=O) groups excluding carboxylic acids is 2. The molecule has 0 radical (unpaired) electrons. The van der Waals surface area contributed by atoms with Gasteiger partial charge in [0.15, 0.2) is 11.5 Å². The first kappa shape index (κ1) is 19.2. The van der Waals surface area contributed by atoms with E-state index in [9.17, 15) is 14.0 Å². The molecule has 0 fully saturated rings. The Morgan fingerprint density at radius 1 is 1.04 bits per heavy atom. The van der Waals surface area contributed by atoms with Gasteiger partial charge in [0, 0.05) is 19.2 Å². The number of halogens is 1. The van der Waals surface area contributed by atoms with Crippen LogP contribution in [0.5, 0.6) is 11.5 Å². The van der Waals surface area contributed by atoms with E-state index in [1.54, 1.807) is 33.4 Å². The second-order valence-corrected chi connectivity index (χ2v) is 5.63. The normalized spacial score (nSPS) is 10.2. The zero-order valence-electron chi connectivity index (χ0n) is 14.9. The summed E-state index contributed by atoms with van der Waals surface area (Å²) in [6, 6.07) is 10.5. The van der Waals surface area contributed by atoms with Gasteiger partial charge in [0.2, 0.25) is 5.91 Å². The fraction of sp³-hybridized carbons (Fsp3) is 0.263. The third-order valence-corrected chi connectivity index (χ3v) is 3.80. The van der Waals surface area contributed by atoms with Crippen molar-refractivity contribution in [2.24, 2.45) is 0 Å². The van der Waals surface area contributed by atoms with Crippen molar-refractivity contribution in [3.63, 3.8) is 0 Å². The maximum absolute atomic E-state index is 12.9. The van der Waals surface area contributed by atoms with Crippen LogP contribution in [0.25, 0.3) is 0 Å². The first-order valence-electron chi connectivity index (χ1n) is 7.93. The summed E-state index contributed by atoms with van der Waals surface area (Å²) >= 11 is 0. The van der Waals surface area contributed by atoms with Gasteiger partial charge < -0.3 is 19.7 Å². The van der Waals surface area contributed by atoms with Gasteiger partial charge in [-0.25, -0.2) is 4.39 Å². The van der Waals surface area contributed by atoms with Crippen LogP contribution in [0.2, 0.25) is 0 Å². The number of benzene rings is 2. The lowest BCUT2D eigenvalue weighted by molar-refractivity contribution is -0.129. The molecule has 0 heterocycles. The highest BCUT2D eigenvalue weighted by atomic mass is 19.1. The van der Waals surface area contributed by atoms with Crippen LogP contribution in [0.1, 0.15) is 15.9 Å². The number of carbonyl (C=O) groups is 2. The summed E-state index contributed by atoms with van der Waals surface area (Å²) in [7, 11) is 4.74. The molecule has 7 heteroatoms. The minimum Gasteiger partial charge on any atom is -0.493 e. The number of ether oxygens (including phenoxy) is 2. The van der Waals surface area contributed by atoms with Gasteiger partial charge in [-0.3, -0.25) is 9.59 Å². The SMILES string of the molecule is COc1ccc(CN(C)C(=O)CNC(=O)c2ccc(F)cc2)cc1OC. The Bertz CT molecular complexity index is 778. The minimum atomic E-state index is -0.433. The number of methoxy groups -OCH3 is 2. The molecule has 0 spiro atoms. The van der Waals surface area contributed by atoms with Crippen molar-refractivity contribution in [3.8, 4) is 11.5 Å². The van der Waals surface area contributed by atoms with E-state index in [1.165, 1.54) is 29.2 Å². The molecule has 0 aliphatic heterocycles. The predicted molar refractivity (Wildman–Crippen MR) is 94.8 cm³/mol. The molecule has 0 atom stereocenters. The Morgan fingerprint density at radius 3 is 2.31 bits per heavy atom. The summed E-state index contributed by atoms with van der Waals surface area (Å²) in [6.45, 7) is 0.200. The van der Waals surface area contributed by atoms with Gasteiger partial charge in [0.05, 0.1) is 20.8 Å². The highest BCUT2D eigenvalue weighted by Gasteiger charge is 2.13. The van der Waals surface area contributed by atoms with Gasteiger partial charge >= 0.3 is 0 Å². The predicted octanol–water partition coefficient (Wildman–Crippen LogP) is 2.23. The summed E-state index contributed by atoms with van der Waals surface area (Å²) in [5, 5.41) is 2.53. The number of hydrogen-bond donors (Lipinski definition) is 1. The summed E-state index contributed by atoms with van der Waals surface area (Å²) in [6.07, 6.45) is 0. The number of hydrogen-bond acceptors (Lipinski definition) is 4. The number of nitrogens with one attached hydrogen (secondary N) is 1. The minimum absolute atomic E-state index is 0.153. The second-order valence-electron chi connectivity index (χ2n) is 5.63. The van der Waals surface area contributed by atoms with Crippen molar-refractivity contribution in [1.29, 1.82) is 0 Å². The van der Waals surface area contributed by atoms with Crippen LogP contribution in [0.4, 0.5) is 4.39 Å². The lowest BCUT2D eigenvalue weighted by Crippen LogP contribution is -2.37. The number of amides is 2. The number of likely N-dealkylation sites (N-methyl/N-ethyl adjacent to an activating group) is 1. The third-order valence-electron chi connectivity index (χ3n) is 3.80. The molecule has 138 valence electrons. The number of nitrogens with zero attached hydrogens (tertiary/aromatic N) is 1. The van der Waals surface area contributed by atoms with Crippen molar-refractivity contribution in [2.45, 2.75) is 6.54 Å². The van der Waals surface area contributed by atoms with Gasteiger partial charge in [-0.05, 0) is 42.0 Å². The first-order valence-corrected chi connectivity index (χ1v) is 7.93. The van der Waals surface area contributed by atoms with Crippen molar-refractivity contribution < 1.29 is 23.5 Å². The monoisotopic (exact) mass is 360 g/mol. The fourth-order valence-corrected chi connectivity index (χ4v) is 2.34. The molecule has 0 saturated carbocycles. The van der Waals surface area contributed by atoms with Crippen molar-refractivity contribution in [1.82, 2.24) is 10.2 Å². The van der Waals surface area contributed by atoms with Crippen LogP contribution in [-0.4, -0.2) is 44.5 Å². The maximum atomic E-state index is 12.9. The van der Waals surface area contributed by atoms with E-state index in [4.69, 9.17) is 9.47 Å². The highest BCUT2D eigenvalue weighted by molar-refractivity contribution is 5.96. The molecule has 6 nitrogen and oxygen atoms in total. The average molecular weight is 360 g/mol. The molecular weight excluding hydrogens is 339 g/mol. The van der Waals surface area contributed by atoms with Crippen LogP contribution in [-0.2, 0) is 11.3 Å². The van der Waals surface area contributed by atoms with E-state index in [0.717, 1.165) is 5.56 Å². The largest absolute Gasteiger partial charge is 0.493 e. The van der Waals surface area contributed by atoms with Crippen molar-refractivity contribution in [3.05, 3.63) is 59.4 Å². The fourth-order valence-electron chi connectivity index (χ4n) is 2.34. The molecular formula is C19H21FN2O4. The van der Waals surface area contributed by atoms with Crippen LogP contribution in [0, 0.1) is 5.82 Å². The van der Waals surface area contributed by atoms with Gasteiger partial charge in [0.1, 0.15) is 5.82 Å². The van der Waals surface area contributed by atoms with Crippen molar-refractivity contribution >= 4 is 11.8 Å².